The second-order valence-corrected chi connectivity index (χ2v) is 12.2. The predicted molar refractivity (Wildman–Crippen MR) is 122 cm³/mol. The summed E-state index contributed by atoms with van der Waals surface area (Å²) in [5, 5.41) is 23.9. The average Bonchev–Trinajstić information content (AvgIpc) is 3.29. The molecule has 5 rings (SSSR count). The van der Waals surface area contributed by atoms with Crippen molar-refractivity contribution in [2.75, 3.05) is 0 Å². The number of hydrogen-bond donors (Lipinski definition) is 1. The molecule has 1 aromatic rings. The Morgan fingerprint density at radius 2 is 1.87 bits per heavy atom. The Morgan fingerprint density at radius 1 is 1.06 bits per heavy atom. The molecule has 0 spiro atoms. The summed E-state index contributed by atoms with van der Waals surface area (Å²) >= 11 is 0. The van der Waals surface area contributed by atoms with Crippen molar-refractivity contribution in [3.05, 3.63) is 5.82 Å². The van der Waals surface area contributed by atoms with Crippen LogP contribution >= 0.6 is 0 Å². The van der Waals surface area contributed by atoms with Gasteiger partial charge in [-0.15, -0.1) is 10.2 Å². The van der Waals surface area contributed by atoms with Crippen molar-refractivity contribution in [2.45, 2.75) is 110 Å². The molecule has 4 aliphatic rings. The summed E-state index contributed by atoms with van der Waals surface area (Å²) in [6, 6.07) is 0. The van der Waals surface area contributed by atoms with Crippen molar-refractivity contribution in [2.24, 2.45) is 46.8 Å². The van der Waals surface area contributed by atoms with Gasteiger partial charge in [0.15, 0.2) is 5.82 Å². The van der Waals surface area contributed by atoms with Gasteiger partial charge in [-0.1, -0.05) is 27.2 Å². The second kappa shape index (κ2) is 8.11. The molecule has 0 unspecified atom stereocenters. The summed E-state index contributed by atoms with van der Waals surface area (Å²) in [6.07, 6.45) is 14.0. The number of aromatic nitrogens is 4. The van der Waals surface area contributed by atoms with Crippen LogP contribution in [0.2, 0.25) is 0 Å². The maximum absolute atomic E-state index is 11.1. The molecule has 1 N–H and O–H groups in total. The molecule has 0 aliphatic heterocycles. The minimum absolute atomic E-state index is 0.354. The highest BCUT2D eigenvalue weighted by atomic mass is 16.3. The molecule has 0 saturated heterocycles. The van der Waals surface area contributed by atoms with Crippen LogP contribution in [0.4, 0.5) is 0 Å². The fourth-order valence-electron chi connectivity index (χ4n) is 9.42. The summed E-state index contributed by atoms with van der Waals surface area (Å²) in [7, 11) is 0. The van der Waals surface area contributed by atoms with Crippen LogP contribution in [0.1, 0.15) is 97.2 Å². The summed E-state index contributed by atoms with van der Waals surface area (Å²) in [6.45, 7) is 10.1. The third-order valence-corrected chi connectivity index (χ3v) is 10.6. The number of rotatable bonds is 5. The smallest absolute Gasteiger partial charge is 0.171 e. The van der Waals surface area contributed by atoms with Gasteiger partial charge in [-0.3, -0.25) is 0 Å². The van der Waals surface area contributed by atoms with E-state index in [-0.39, 0.29) is 5.60 Å². The first kappa shape index (κ1) is 21.9. The lowest BCUT2D eigenvalue weighted by molar-refractivity contribution is -0.110. The van der Waals surface area contributed by atoms with Crippen molar-refractivity contribution in [1.29, 1.82) is 0 Å². The molecule has 1 aromatic heterocycles. The highest BCUT2D eigenvalue weighted by Gasteiger charge is 2.58. The van der Waals surface area contributed by atoms with E-state index in [4.69, 9.17) is 0 Å². The third kappa shape index (κ3) is 3.77. The fourth-order valence-corrected chi connectivity index (χ4v) is 9.42. The van der Waals surface area contributed by atoms with Crippen molar-refractivity contribution in [1.82, 2.24) is 20.2 Å². The number of fused-ring (bicyclic) bond motifs is 5. The zero-order valence-corrected chi connectivity index (χ0v) is 20.3. The first-order valence-corrected chi connectivity index (χ1v) is 13.3. The molecule has 0 amide bonds. The van der Waals surface area contributed by atoms with Gasteiger partial charge in [-0.25, -0.2) is 0 Å². The van der Waals surface area contributed by atoms with Crippen molar-refractivity contribution < 1.29 is 5.11 Å². The maximum atomic E-state index is 11.1. The van der Waals surface area contributed by atoms with E-state index in [0.717, 1.165) is 73.6 Å². The summed E-state index contributed by atoms with van der Waals surface area (Å²) in [5.41, 5.74) is 0.133. The Balaban J connectivity index is 1.28. The van der Waals surface area contributed by atoms with Crippen molar-refractivity contribution in [3.8, 4) is 0 Å². The molecule has 0 bridgehead atoms. The largest absolute Gasteiger partial charge is 0.390 e. The summed E-state index contributed by atoms with van der Waals surface area (Å²) in [5.74, 6) is 6.60. The SMILES string of the molecule is CCC[C@@]1(O)CC[C@H]2[C@@H](CC[C@@H]3[C@@H]2CC[C@]2(C)[C@@H]([C@@H](C)Cn4nnc(C)n4)CC[C@@H]32)C1. The van der Waals surface area contributed by atoms with Crippen LogP contribution < -0.4 is 0 Å². The summed E-state index contributed by atoms with van der Waals surface area (Å²) < 4.78 is 0. The lowest BCUT2D eigenvalue weighted by Crippen LogP contribution is -2.51. The van der Waals surface area contributed by atoms with Crippen LogP contribution in [0.3, 0.4) is 0 Å². The van der Waals surface area contributed by atoms with Crippen molar-refractivity contribution >= 4 is 0 Å². The molecular formula is C26H44N4O. The molecule has 4 fully saturated rings. The van der Waals surface area contributed by atoms with Gasteiger partial charge < -0.3 is 5.11 Å². The Morgan fingerprint density at radius 3 is 2.61 bits per heavy atom. The van der Waals surface area contributed by atoms with E-state index in [1.807, 2.05) is 11.7 Å². The second-order valence-electron chi connectivity index (χ2n) is 12.2. The predicted octanol–water partition coefficient (Wildman–Crippen LogP) is 5.42. The first-order valence-electron chi connectivity index (χ1n) is 13.3. The van der Waals surface area contributed by atoms with Gasteiger partial charge in [0.05, 0.1) is 12.1 Å². The Labute approximate surface area is 188 Å². The van der Waals surface area contributed by atoms with E-state index in [1.165, 1.54) is 44.9 Å². The molecule has 1 heterocycles. The molecular weight excluding hydrogens is 384 g/mol. The first-order chi connectivity index (χ1) is 14.8. The lowest BCUT2D eigenvalue weighted by Gasteiger charge is -2.57. The molecule has 4 aliphatic carbocycles. The molecule has 0 radical (unpaired) electrons. The molecule has 5 nitrogen and oxygen atoms in total. The number of hydrogen-bond acceptors (Lipinski definition) is 4. The van der Waals surface area contributed by atoms with Gasteiger partial charge in [0.2, 0.25) is 0 Å². The minimum Gasteiger partial charge on any atom is -0.390 e. The van der Waals surface area contributed by atoms with E-state index in [2.05, 4.69) is 36.2 Å². The number of aryl methyl sites for hydroxylation is 1. The fraction of sp³-hybridized carbons (Fsp3) is 0.962. The van der Waals surface area contributed by atoms with Crippen LogP contribution in [-0.4, -0.2) is 30.9 Å². The third-order valence-electron chi connectivity index (χ3n) is 10.6. The Bertz CT molecular complexity index is 779. The normalized spacial score (nSPS) is 45.6. The number of nitrogens with zero attached hydrogens (tertiary/aromatic N) is 4. The zero-order chi connectivity index (χ0) is 21.8. The lowest BCUT2D eigenvalue weighted by atomic mass is 9.48. The summed E-state index contributed by atoms with van der Waals surface area (Å²) in [4.78, 5) is 1.83. The topological polar surface area (TPSA) is 63.8 Å². The van der Waals surface area contributed by atoms with E-state index >= 15 is 0 Å². The molecule has 4 saturated carbocycles. The zero-order valence-electron chi connectivity index (χ0n) is 20.3. The quantitative estimate of drug-likeness (QED) is 0.680. The molecule has 31 heavy (non-hydrogen) atoms. The Hall–Kier alpha value is -0.970. The van der Waals surface area contributed by atoms with Gasteiger partial charge in [0.25, 0.3) is 0 Å². The maximum Gasteiger partial charge on any atom is 0.171 e. The molecule has 0 aromatic carbocycles. The Kier molecular flexibility index (Phi) is 5.72. The molecule has 9 atom stereocenters. The van der Waals surface area contributed by atoms with E-state index < -0.39 is 0 Å². The van der Waals surface area contributed by atoms with E-state index in [9.17, 15) is 5.11 Å². The standard InChI is InChI=1S/C26H44N4O/c1-5-12-26(31)14-11-20-19(15-26)6-7-22-21(20)10-13-25(4)23(8-9-24(22)25)17(2)16-30-28-18(3)27-29-30/h17,19-24,31H,5-16H2,1-4H3/t17-,19-,20-,21+,22+,23+,24-,25+,26+/m0/s1. The van der Waals surface area contributed by atoms with Crippen LogP contribution in [0.25, 0.3) is 0 Å². The van der Waals surface area contributed by atoms with Gasteiger partial charge in [0.1, 0.15) is 0 Å². The highest BCUT2D eigenvalue weighted by molar-refractivity contribution is 5.07. The van der Waals surface area contributed by atoms with Gasteiger partial charge in [-0.05, 0) is 123 Å². The van der Waals surface area contributed by atoms with Gasteiger partial charge in [-0.2, -0.15) is 4.80 Å². The highest BCUT2D eigenvalue weighted by Crippen LogP contribution is 2.65. The number of tetrazole rings is 1. The number of aliphatic hydroxyl groups is 1. The van der Waals surface area contributed by atoms with Gasteiger partial charge in [0, 0.05) is 0 Å². The van der Waals surface area contributed by atoms with E-state index in [0.29, 0.717) is 11.3 Å². The minimum atomic E-state index is -0.354. The molecule has 5 heteroatoms. The average molecular weight is 429 g/mol. The van der Waals surface area contributed by atoms with Crippen LogP contribution in [0.5, 0.6) is 0 Å². The molecule has 174 valence electrons. The van der Waals surface area contributed by atoms with Crippen LogP contribution in [0.15, 0.2) is 0 Å². The van der Waals surface area contributed by atoms with Crippen molar-refractivity contribution in [3.63, 3.8) is 0 Å². The van der Waals surface area contributed by atoms with E-state index in [1.54, 1.807) is 0 Å². The monoisotopic (exact) mass is 428 g/mol. The van der Waals surface area contributed by atoms with Crippen LogP contribution in [0, 0.1) is 53.8 Å². The van der Waals surface area contributed by atoms with Gasteiger partial charge >= 0.3 is 0 Å². The van der Waals surface area contributed by atoms with Crippen LogP contribution in [-0.2, 0) is 6.54 Å².